The van der Waals surface area contributed by atoms with E-state index < -0.39 is 0 Å². The highest BCUT2D eigenvalue weighted by Gasteiger charge is 2.41. The highest BCUT2D eigenvalue weighted by atomic mass is 32.1. The number of rotatable bonds is 9. The Labute approximate surface area is 248 Å². The molecule has 5 rings (SSSR count). The summed E-state index contributed by atoms with van der Waals surface area (Å²) in [6, 6.07) is 24.5. The molecule has 1 fully saturated rings. The smallest absolute Gasteiger partial charge is 0.226 e. The third kappa shape index (κ3) is 5.84. The predicted octanol–water partition coefficient (Wildman–Crippen LogP) is 6.12. The molecule has 1 aliphatic heterocycles. The SMILES string of the molecule is CCc1ccccc1NC(=O)CCN1C(=S)N[C@@H](c2ccccn2)[C@@H]1c1cc(C)n(-c2ccc(N(C)C)cc2)c1C. The van der Waals surface area contributed by atoms with Crippen LogP contribution >= 0.6 is 12.2 Å². The first kappa shape index (κ1) is 28.4. The van der Waals surface area contributed by atoms with Gasteiger partial charge in [0.1, 0.15) is 0 Å². The minimum absolute atomic E-state index is 0.0276. The van der Waals surface area contributed by atoms with Crippen molar-refractivity contribution in [1.29, 1.82) is 0 Å². The first-order chi connectivity index (χ1) is 19.8. The Balaban J connectivity index is 1.46. The molecule has 0 saturated carbocycles. The largest absolute Gasteiger partial charge is 0.378 e. The van der Waals surface area contributed by atoms with Crippen molar-refractivity contribution in [1.82, 2.24) is 19.8 Å². The van der Waals surface area contributed by atoms with Crippen molar-refractivity contribution in [2.24, 2.45) is 0 Å². The molecule has 2 N–H and O–H groups in total. The maximum Gasteiger partial charge on any atom is 0.226 e. The monoisotopic (exact) mass is 566 g/mol. The van der Waals surface area contributed by atoms with Gasteiger partial charge in [0.05, 0.1) is 17.8 Å². The molecular formula is C33H38N6OS. The molecule has 8 heteroatoms. The summed E-state index contributed by atoms with van der Waals surface area (Å²) >= 11 is 5.87. The standard InChI is InChI=1S/C33H38N6OS/c1-6-24-11-7-8-12-28(24)35-30(40)18-20-38-32(31(36-33(38)41)29-13-9-10-19-34-29)27-21-22(2)39(23(27)3)26-16-14-25(15-17-26)37(4)5/h7-17,19,21,31-32H,6,18,20H2,1-5H3,(H,35,40)(H,36,41)/t31-,32-/m0/s1. The number of hydrogen-bond donors (Lipinski definition) is 2. The van der Waals surface area contributed by atoms with Crippen molar-refractivity contribution in [3.8, 4) is 5.69 Å². The minimum atomic E-state index is -0.141. The van der Waals surface area contributed by atoms with Gasteiger partial charge in [-0.25, -0.2) is 0 Å². The van der Waals surface area contributed by atoms with Crippen molar-refractivity contribution in [2.75, 3.05) is 30.9 Å². The Morgan fingerprint density at radius 2 is 1.78 bits per heavy atom. The van der Waals surface area contributed by atoms with E-state index in [0.717, 1.165) is 46.1 Å². The van der Waals surface area contributed by atoms with Crippen LogP contribution in [-0.2, 0) is 11.2 Å². The first-order valence-electron chi connectivity index (χ1n) is 14.1. The average molecular weight is 567 g/mol. The molecule has 41 heavy (non-hydrogen) atoms. The van der Waals surface area contributed by atoms with Gasteiger partial charge in [-0.2, -0.15) is 0 Å². The van der Waals surface area contributed by atoms with Gasteiger partial charge in [-0.3, -0.25) is 9.78 Å². The van der Waals surface area contributed by atoms with Crippen LogP contribution in [0.1, 0.15) is 53.6 Å². The number of thiocarbonyl (C=S) groups is 1. The van der Waals surface area contributed by atoms with Gasteiger partial charge in [-0.05, 0) is 92.1 Å². The second-order valence-electron chi connectivity index (χ2n) is 10.7. The maximum absolute atomic E-state index is 13.1. The summed E-state index contributed by atoms with van der Waals surface area (Å²) in [4.78, 5) is 22.0. The van der Waals surface area contributed by atoms with Crippen LogP contribution in [0, 0.1) is 13.8 Å². The molecule has 0 spiro atoms. The predicted molar refractivity (Wildman–Crippen MR) is 171 cm³/mol. The van der Waals surface area contributed by atoms with Crippen LogP contribution in [0.4, 0.5) is 11.4 Å². The van der Waals surface area contributed by atoms with Crippen LogP contribution in [0.2, 0.25) is 0 Å². The summed E-state index contributed by atoms with van der Waals surface area (Å²) in [7, 11) is 4.09. The minimum Gasteiger partial charge on any atom is -0.378 e. The zero-order valence-electron chi connectivity index (χ0n) is 24.4. The molecule has 2 aromatic heterocycles. The van der Waals surface area contributed by atoms with E-state index in [-0.39, 0.29) is 18.0 Å². The summed E-state index contributed by atoms with van der Waals surface area (Å²) in [6.45, 7) is 6.87. The number of aryl methyl sites for hydroxylation is 2. The molecule has 1 amide bonds. The number of pyridine rings is 1. The Bertz CT molecular complexity index is 1530. The van der Waals surface area contributed by atoms with Gasteiger partial charge in [0.25, 0.3) is 0 Å². The lowest BCUT2D eigenvalue weighted by atomic mass is 9.96. The molecule has 4 aromatic rings. The quantitative estimate of drug-likeness (QED) is 0.238. The van der Waals surface area contributed by atoms with Gasteiger partial charge in [0.2, 0.25) is 5.91 Å². The normalized spacial score (nSPS) is 16.5. The van der Waals surface area contributed by atoms with Crippen molar-refractivity contribution in [3.63, 3.8) is 0 Å². The van der Waals surface area contributed by atoms with E-state index in [2.05, 4.69) is 81.1 Å². The molecule has 7 nitrogen and oxygen atoms in total. The van der Waals surface area contributed by atoms with Gasteiger partial charge in [-0.1, -0.05) is 31.2 Å². The van der Waals surface area contributed by atoms with Crippen LogP contribution in [0.15, 0.2) is 79.0 Å². The molecule has 3 heterocycles. The third-order valence-corrected chi connectivity index (χ3v) is 8.22. The highest BCUT2D eigenvalue weighted by molar-refractivity contribution is 7.80. The first-order valence-corrected chi connectivity index (χ1v) is 14.5. The molecule has 0 aliphatic carbocycles. The third-order valence-electron chi connectivity index (χ3n) is 7.86. The lowest BCUT2D eigenvalue weighted by Gasteiger charge is -2.28. The summed E-state index contributed by atoms with van der Waals surface area (Å²) in [5.74, 6) is -0.0276. The fraction of sp³-hybridized carbons (Fsp3) is 0.303. The number of amides is 1. The summed E-state index contributed by atoms with van der Waals surface area (Å²) in [5.41, 5.74) is 8.63. The number of carbonyl (C=O) groups is 1. The highest BCUT2D eigenvalue weighted by Crippen LogP contribution is 2.41. The Kier molecular flexibility index (Phi) is 8.40. The summed E-state index contributed by atoms with van der Waals surface area (Å²) in [5, 5.41) is 7.26. The number of anilines is 2. The Morgan fingerprint density at radius 3 is 2.46 bits per heavy atom. The molecular weight excluding hydrogens is 528 g/mol. The molecule has 0 radical (unpaired) electrons. The zero-order chi connectivity index (χ0) is 29.1. The van der Waals surface area contributed by atoms with E-state index in [9.17, 15) is 4.79 Å². The van der Waals surface area contributed by atoms with Gasteiger partial charge < -0.3 is 25.0 Å². The van der Waals surface area contributed by atoms with Crippen molar-refractivity contribution in [3.05, 3.63) is 107 Å². The molecule has 2 atom stereocenters. The molecule has 2 aromatic carbocycles. The van der Waals surface area contributed by atoms with Crippen LogP contribution in [-0.4, -0.2) is 46.1 Å². The number of para-hydroxylation sites is 1. The summed E-state index contributed by atoms with van der Waals surface area (Å²) < 4.78 is 2.29. The lowest BCUT2D eigenvalue weighted by Crippen LogP contribution is -2.33. The number of nitrogens with zero attached hydrogens (tertiary/aromatic N) is 4. The second-order valence-corrected chi connectivity index (χ2v) is 11.1. The van der Waals surface area contributed by atoms with Gasteiger partial charge in [0.15, 0.2) is 5.11 Å². The van der Waals surface area contributed by atoms with Crippen molar-refractivity contribution >= 4 is 34.6 Å². The van der Waals surface area contributed by atoms with Gasteiger partial charge in [0, 0.05) is 61.7 Å². The summed E-state index contributed by atoms with van der Waals surface area (Å²) in [6.07, 6.45) is 2.99. The molecule has 1 saturated heterocycles. The zero-order valence-corrected chi connectivity index (χ0v) is 25.2. The van der Waals surface area contributed by atoms with E-state index in [0.29, 0.717) is 18.1 Å². The number of benzene rings is 2. The van der Waals surface area contributed by atoms with E-state index in [1.54, 1.807) is 0 Å². The van der Waals surface area contributed by atoms with E-state index in [4.69, 9.17) is 12.2 Å². The molecule has 0 unspecified atom stereocenters. The number of nitrogens with one attached hydrogen (secondary N) is 2. The Hall–Kier alpha value is -4.17. The number of carbonyl (C=O) groups excluding carboxylic acids is 1. The van der Waals surface area contributed by atoms with E-state index in [1.807, 2.05) is 62.8 Å². The van der Waals surface area contributed by atoms with Crippen LogP contribution in [0.3, 0.4) is 0 Å². The maximum atomic E-state index is 13.1. The van der Waals surface area contributed by atoms with Crippen LogP contribution in [0.25, 0.3) is 5.69 Å². The molecule has 1 aliphatic rings. The lowest BCUT2D eigenvalue weighted by molar-refractivity contribution is -0.116. The van der Waals surface area contributed by atoms with E-state index >= 15 is 0 Å². The molecule has 0 bridgehead atoms. The number of hydrogen-bond acceptors (Lipinski definition) is 4. The van der Waals surface area contributed by atoms with E-state index in [1.165, 1.54) is 5.56 Å². The average Bonchev–Trinajstić information content (AvgIpc) is 3.46. The van der Waals surface area contributed by atoms with Gasteiger partial charge in [-0.15, -0.1) is 0 Å². The van der Waals surface area contributed by atoms with Crippen LogP contribution in [0.5, 0.6) is 0 Å². The Morgan fingerprint density at radius 1 is 1.05 bits per heavy atom. The van der Waals surface area contributed by atoms with Crippen molar-refractivity contribution < 1.29 is 4.79 Å². The van der Waals surface area contributed by atoms with Crippen molar-refractivity contribution in [2.45, 2.75) is 45.7 Å². The van der Waals surface area contributed by atoms with Gasteiger partial charge >= 0.3 is 0 Å². The number of aromatic nitrogens is 2. The topological polar surface area (TPSA) is 65.4 Å². The van der Waals surface area contributed by atoms with Crippen LogP contribution < -0.4 is 15.5 Å². The fourth-order valence-electron chi connectivity index (χ4n) is 5.75. The molecule has 212 valence electrons. The fourth-order valence-corrected chi connectivity index (χ4v) is 6.09. The second kappa shape index (κ2) is 12.1.